The Balaban J connectivity index is 1.84. The summed E-state index contributed by atoms with van der Waals surface area (Å²) in [6, 6.07) is 9.88. The molecule has 0 saturated heterocycles. The molecule has 2 amide bonds. The number of halogens is 5. The first-order chi connectivity index (χ1) is 15.0. The largest absolute Gasteiger partial charge is 0.573 e. The molecule has 32 heavy (non-hydrogen) atoms. The van der Waals surface area contributed by atoms with Crippen LogP contribution in [0.5, 0.6) is 17.2 Å². The van der Waals surface area contributed by atoms with Crippen LogP contribution in [0.15, 0.2) is 54.7 Å². The number of hydrogen-bond donors (Lipinski definition) is 2. The summed E-state index contributed by atoms with van der Waals surface area (Å²) in [6.07, 6.45) is -3.61. The molecule has 0 radical (unpaired) electrons. The van der Waals surface area contributed by atoms with E-state index in [0.29, 0.717) is 0 Å². The van der Waals surface area contributed by atoms with E-state index in [4.69, 9.17) is 33.7 Å². The summed E-state index contributed by atoms with van der Waals surface area (Å²) in [6.45, 7) is 0. The van der Waals surface area contributed by atoms with Crippen molar-refractivity contribution in [3.63, 3.8) is 0 Å². The third-order valence-corrected chi connectivity index (χ3v) is 4.32. The van der Waals surface area contributed by atoms with E-state index in [1.165, 1.54) is 42.6 Å². The molecule has 7 nitrogen and oxygen atoms in total. The van der Waals surface area contributed by atoms with Gasteiger partial charge < -0.3 is 20.5 Å². The predicted molar refractivity (Wildman–Crippen MR) is 110 cm³/mol. The van der Waals surface area contributed by atoms with E-state index < -0.39 is 23.9 Å². The lowest BCUT2D eigenvalue weighted by Gasteiger charge is -2.14. The highest BCUT2D eigenvalue weighted by Gasteiger charge is 2.31. The maximum Gasteiger partial charge on any atom is 0.573 e. The van der Waals surface area contributed by atoms with Crippen molar-refractivity contribution in [2.45, 2.75) is 6.36 Å². The van der Waals surface area contributed by atoms with Gasteiger partial charge in [-0.05, 0) is 42.5 Å². The van der Waals surface area contributed by atoms with Gasteiger partial charge in [0.25, 0.3) is 11.8 Å². The Kier molecular flexibility index (Phi) is 6.75. The van der Waals surface area contributed by atoms with Crippen LogP contribution in [0.3, 0.4) is 0 Å². The van der Waals surface area contributed by atoms with E-state index in [0.717, 1.165) is 12.1 Å². The van der Waals surface area contributed by atoms with E-state index in [1.54, 1.807) is 0 Å². The summed E-state index contributed by atoms with van der Waals surface area (Å²) in [7, 11) is 0. The van der Waals surface area contributed by atoms with Crippen molar-refractivity contribution in [2.75, 3.05) is 5.32 Å². The number of carbonyl (C=O) groups excluding carboxylic acids is 2. The Hall–Kier alpha value is -3.50. The van der Waals surface area contributed by atoms with Crippen LogP contribution in [0.2, 0.25) is 10.0 Å². The minimum absolute atomic E-state index is 0.00879. The molecular weight excluding hydrogens is 474 g/mol. The van der Waals surface area contributed by atoms with Crippen LogP contribution < -0.4 is 20.5 Å². The third kappa shape index (κ3) is 6.02. The number of nitrogens with one attached hydrogen (secondary N) is 1. The smallest absolute Gasteiger partial charge is 0.456 e. The average molecular weight is 486 g/mol. The van der Waals surface area contributed by atoms with Crippen molar-refractivity contribution in [3.8, 4) is 17.2 Å². The molecule has 3 aromatic rings. The Morgan fingerprint density at radius 2 is 1.66 bits per heavy atom. The van der Waals surface area contributed by atoms with Gasteiger partial charge in [0, 0.05) is 11.1 Å². The molecule has 3 rings (SSSR count). The van der Waals surface area contributed by atoms with Crippen molar-refractivity contribution in [1.82, 2.24) is 4.98 Å². The van der Waals surface area contributed by atoms with Crippen LogP contribution >= 0.6 is 23.2 Å². The zero-order valence-corrected chi connectivity index (χ0v) is 17.3. The number of aromatic nitrogens is 1. The molecule has 166 valence electrons. The molecule has 1 heterocycles. The number of amides is 2. The van der Waals surface area contributed by atoms with Gasteiger partial charge in [-0.2, -0.15) is 0 Å². The lowest BCUT2D eigenvalue weighted by atomic mass is 10.1. The van der Waals surface area contributed by atoms with Crippen molar-refractivity contribution in [2.24, 2.45) is 5.73 Å². The summed E-state index contributed by atoms with van der Waals surface area (Å²) in [5, 5.41) is 2.66. The van der Waals surface area contributed by atoms with Gasteiger partial charge in [0.2, 0.25) is 0 Å². The fraction of sp³-hybridized carbons (Fsp3) is 0.0500. The fourth-order valence-electron chi connectivity index (χ4n) is 2.49. The highest BCUT2D eigenvalue weighted by molar-refractivity contribution is 6.37. The van der Waals surface area contributed by atoms with Crippen LogP contribution in [0.25, 0.3) is 0 Å². The third-order valence-electron chi connectivity index (χ3n) is 3.80. The van der Waals surface area contributed by atoms with Crippen LogP contribution in [-0.2, 0) is 0 Å². The molecule has 0 unspecified atom stereocenters. The topological polar surface area (TPSA) is 104 Å². The summed E-state index contributed by atoms with van der Waals surface area (Å²) in [5.41, 5.74) is 5.28. The molecular formula is C20H12Cl2F3N3O4. The lowest BCUT2D eigenvalue weighted by Crippen LogP contribution is -2.17. The number of primary amides is 1. The highest BCUT2D eigenvalue weighted by atomic mass is 35.5. The van der Waals surface area contributed by atoms with Gasteiger partial charge in [-0.1, -0.05) is 23.2 Å². The van der Waals surface area contributed by atoms with Crippen LogP contribution in [0.4, 0.5) is 18.9 Å². The molecule has 0 fully saturated rings. The average Bonchev–Trinajstić information content (AvgIpc) is 2.68. The first kappa shape index (κ1) is 23.2. The Morgan fingerprint density at radius 3 is 2.22 bits per heavy atom. The quantitative estimate of drug-likeness (QED) is 0.484. The van der Waals surface area contributed by atoms with Gasteiger partial charge in [0.05, 0.1) is 16.9 Å². The van der Waals surface area contributed by atoms with E-state index in [2.05, 4.69) is 15.0 Å². The van der Waals surface area contributed by atoms with Gasteiger partial charge in [-0.15, -0.1) is 13.2 Å². The molecule has 1 aromatic heterocycles. The maximum atomic E-state index is 12.8. The number of anilines is 1. The summed E-state index contributed by atoms with van der Waals surface area (Å²) >= 11 is 12.2. The Morgan fingerprint density at radius 1 is 1.00 bits per heavy atom. The Labute approximate surface area is 188 Å². The van der Waals surface area contributed by atoms with Crippen molar-refractivity contribution in [3.05, 3.63) is 76.0 Å². The predicted octanol–water partition coefficient (Wildman–Crippen LogP) is 5.43. The van der Waals surface area contributed by atoms with Gasteiger partial charge in [0.1, 0.15) is 28.5 Å². The van der Waals surface area contributed by atoms with E-state index in [-0.39, 0.29) is 38.5 Å². The number of pyridine rings is 1. The van der Waals surface area contributed by atoms with Crippen molar-refractivity contribution >= 4 is 40.7 Å². The molecule has 0 aliphatic rings. The SMILES string of the molecule is NC(=O)c1ccc(NC(=O)c2c(Cl)cc(Cl)cc2Oc2ccc(OC(F)(F)F)cc2)cn1. The number of ether oxygens (including phenoxy) is 2. The van der Waals surface area contributed by atoms with Gasteiger partial charge >= 0.3 is 6.36 Å². The minimum Gasteiger partial charge on any atom is -0.456 e. The number of alkyl halides is 3. The first-order valence-electron chi connectivity index (χ1n) is 8.62. The van der Waals surface area contributed by atoms with E-state index >= 15 is 0 Å². The molecule has 3 N–H and O–H groups in total. The van der Waals surface area contributed by atoms with E-state index in [9.17, 15) is 22.8 Å². The summed E-state index contributed by atoms with van der Waals surface area (Å²) in [4.78, 5) is 27.7. The number of benzene rings is 2. The molecule has 0 aliphatic carbocycles. The fourth-order valence-corrected chi connectivity index (χ4v) is 3.05. The van der Waals surface area contributed by atoms with Crippen molar-refractivity contribution < 1.29 is 32.2 Å². The second-order valence-corrected chi connectivity index (χ2v) is 6.98. The lowest BCUT2D eigenvalue weighted by molar-refractivity contribution is -0.274. The maximum absolute atomic E-state index is 12.8. The van der Waals surface area contributed by atoms with E-state index in [1.807, 2.05) is 0 Å². The highest BCUT2D eigenvalue weighted by Crippen LogP contribution is 2.35. The number of nitrogens with zero attached hydrogens (tertiary/aromatic N) is 1. The molecule has 12 heteroatoms. The number of carbonyl (C=O) groups is 2. The van der Waals surface area contributed by atoms with Gasteiger partial charge in [-0.25, -0.2) is 4.98 Å². The van der Waals surface area contributed by atoms with Crippen LogP contribution in [0, 0.1) is 0 Å². The molecule has 0 spiro atoms. The van der Waals surface area contributed by atoms with Gasteiger partial charge in [-0.3, -0.25) is 9.59 Å². The minimum atomic E-state index is -4.83. The summed E-state index contributed by atoms with van der Waals surface area (Å²) < 4.78 is 46.3. The van der Waals surface area contributed by atoms with Crippen LogP contribution in [0.1, 0.15) is 20.8 Å². The first-order valence-corrected chi connectivity index (χ1v) is 9.37. The van der Waals surface area contributed by atoms with Gasteiger partial charge in [0.15, 0.2) is 0 Å². The normalized spacial score (nSPS) is 11.0. The second kappa shape index (κ2) is 9.33. The standard InChI is InChI=1S/C20H12Cl2F3N3O4/c21-10-7-14(22)17(19(30)28-11-1-6-15(18(26)29)27-9-11)16(8-10)31-12-2-4-13(5-3-12)32-20(23,24)25/h1-9H,(H2,26,29)(H,28,30). The molecule has 0 saturated carbocycles. The molecule has 0 aliphatic heterocycles. The number of rotatable bonds is 6. The van der Waals surface area contributed by atoms with Crippen molar-refractivity contribution in [1.29, 1.82) is 0 Å². The zero-order valence-electron chi connectivity index (χ0n) is 15.7. The molecule has 0 bridgehead atoms. The Bertz CT molecular complexity index is 1150. The monoisotopic (exact) mass is 485 g/mol. The number of hydrogen-bond acceptors (Lipinski definition) is 5. The summed E-state index contributed by atoms with van der Waals surface area (Å²) in [5.74, 6) is -1.82. The second-order valence-electron chi connectivity index (χ2n) is 6.13. The molecule has 2 aromatic carbocycles. The zero-order chi connectivity index (χ0) is 23.5. The van der Waals surface area contributed by atoms with Crippen LogP contribution in [-0.4, -0.2) is 23.2 Å². The molecule has 0 atom stereocenters. The number of nitrogens with two attached hydrogens (primary N) is 1.